The number of hydrogen-bond donors (Lipinski definition) is 2. The van der Waals surface area contributed by atoms with Crippen LogP contribution >= 0.6 is 34.8 Å². The summed E-state index contributed by atoms with van der Waals surface area (Å²) in [4.78, 5) is 0. The molecule has 0 bridgehead atoms. The Morgan fingerprint density at radius 1 is 1.14 bits per heavy atom. The molecule has 21 heavy (non-hydrogen) atoms. The molecule has 1 aromatic carbocycles. The molecule has 0 radical (unpaired) electrons. The van der Waals surface area contributed by atoms with Crippen molar-refractivity contribution in [2.24, 2.45) is 0 Å². The fourth-order valence-corrected chi connectivity index (χ4v) is 3.42. The van der Waals surface area contributed by atoms with Crippen molar-refractivity contribution in [1.29, 1.82) is 0 Å². The summed E-state index contributed by atoms with van der Waals surface area (Å²) in [5, 5.41) is 14.4. The zero-order valence-corrected chi connectivity index (χ0v) is 14.0. The van der Waals surface area contributed by atoms with Gasteiger partial charge in [0.05, 0.1) is 34.5 Å². The van der Waals surface area contributed by atoms with Crippen LogP contribution in [0.4, 0.5) is 5.69 Å². The molecule has 0 aliphatic heterocycles. The van der Waals surface area contributed by atoms with Crippen LogP contribution in [-0.2, 0) is 4.74 Å². The minimum Gasteiger partial charge on any atom is -0.389 e. The largest absolute Gasteiger partial charge is 0.389 e. The van der Waals surface area contributed by atoms with Crippen LogP contribution in [-0.4, -0.2) is 30.5 Å². The second-order valence-corrected chi connectivity index (χ2v) is 6.62. The van der Waals surface area contributed by atoms with Crippen molar-refractivity contribution in [3.8, 4) is 0 Å². The van der Waals surface area contributed by atoms with Crippen molar-refractivity contribution in [2.45, 2.75) is 44.3 Å². The van der Waals surface area contributed by atoms with Crippen LogP contribution in [0.25, 0.3) is 0 Å². The van der Waals surface area contributed by atoms with Crippen molar-refractivity contribution in [3.05, 3.63) is 27.2 Å². The summed E-state index contributed by atoms with van der Waals surface area (Å²) in [6.45, 7) is 0.647. The summed E-state index contributed by atoms with van der Waals surface area (Å²) >= 11 is 18.0. The fourth-order valence-electron chi connectivity index (χ4n) is 2.47. The molecule has 0 saturated heterocycles. The molecule has 0 amide bonds. The second-order valence-electron chi connectivity index (χ2n) is 5.37. The Morgan fingerprint density at radius 2 is 1.76 bits per heavy atom. The van der Waals surface area contributed by atoms with Gasteiger partial charge in [0.25, 0.3) is 0 Å². The van der Waals surface area contributed by atoms with Crippen molar-refractivity contribution in [3.63, 3.8) is 0 Å². The molecule has 2 N–H and O–H groups in total. The molecule has 118 valence electrons. The Labute approximate surface area is 140 Å². The van der Waals surface area contributed by atoms with E-state index in [-0.39, 0.29) is 6.10 Å². The number of aliphatic hydroxyl groups is 1. The topological polar surface area (TPSA) is 41.5 Å². The van der Waals surface area contributed by atoms with Crippen LogP contribution in [0.3, 0.4) is 0 Å². The summed E-state index contributed by atoms with van der Waals surface area (Å²) in [6.07, 6.45) is 5.59. The number of benzene rings is 1. The third-order valence-electron chi connectivity index (χ3n) is 3.60. The monoisotopic (exact) mass is 351 g/mol. The van der Waals surface area contributed by atoms with Crippen molar-refractivity contribution in [1.82, 2.24) is 0 Å². The molecule has 1 unspecified atom stereocenters. The Hall–Kier alpha value is -0.190. The summed E-state index contributed by atoms with van der Waals surface area (Å²) in [6, 6.07) is 3.23. The highest BCUT2D eigenvalue weighted by atomic mass is 35.5. The Balaban J connectivity index is 1.77. The highest BCUT2D eigenvalue weighted by Gasteiger charge is 2.16. The third-order valence-corrected chi connectivity index (χ3v) is 4.41. The van der Waals surface area contributed by atoms with Crippen molar-refractivity contribution in [2.75, 3.05) is 18.5 Å². The zero-order valence-electron chi connectivity index (χ0n) is 11.7. The van der Waals surface area contributed by atoms with Crippen LogP contribution in [0, 0.1) is 0 Å². The van der Waals surface area contributed by atoms with Gasteiger partial charge in [-0.05, 0) is 25.0 Å². The lowest BCUT2D eigenvalue weighted by molar-refractivity contribution is -0.0195. The van der Waals surface area contributed by atoms with Gasteiger partial charge in [0.1, 0.15) is 0 Å². The van der Waals surface area contributed by atoms with E-state index in [1.165, 1.54) is 19.3 Å². The van der Waals surface area contributed by atoms with Gasteiger partial charge < -0.3 is 15.2 Å². The molecule has 1 aliphatic carbocycles. The van der Waals surface area contributed by atoms with Gasteiger partial charge in [-0.1, -0.05) is 54.1 Å². The third kappa shape index (κ3) is 5.50. The Kier molecular flexibility index (Phi) is 6.90. The predicted octanol–water partition coefficient (Wildman–Crippen LogP) is 4.77. The summed E-state index contributed by atoms with van der Waals surface area (Å²) in [5.74, 6) is 0. The summed E-state index contributed by atoms with van der Waals surface area (Å²) < 4.78 is 5.74. The lowest BCUT2D eigenvalue weighted by Gasteiger charge is -2.23. The van der Waals surface area contributed by atoms with E-state index in [1.54, 1.807) is 12.1 Å². The first-order valence-electron chi connectivity index (χ1n) is 7.24. The molecule has 1 fully saturated rings. The number of hydrogen-bond acceptors (Lipinski definition) is 3. The lowest BCUT2D eigenvalue weighted by Crippen LogP contribution is -2.28. The number of aliphatic hydroxyl groups excluding tert-OH is 1. The standard InChI is InChI=1S/C15H20Cl3NO2/c16-10-6-13(17)15(14(18)7-10)19-8-11(20)9-21-12-4-2-1-3-5-12/h6-7,11-12,19-20H,1-5,8-9H2. The van der Waals surface area contributed by atoms with E-state index < -0.39 is 6.10 Å². The molecule has 1 aliphatic rings. The second kappa shape index (κ2) is 8.44. The van der Waals surface area contributed by atoms with Gasteiger partial charge in [0, 0.05) is 11.6 Å². The van der Waals surface area contributed by atoms with E-state index >= 15 is 0 Å². The molecular formula is C15H20Cl3NO2. The Morgan fingerprint density at radius 3 is 2.38 bits per heavy atom. The van der Waals surface area contributed by atoms with E-state index in [9.17, 15) is 5.11 Å². The molecule has 3 nitrogen and oxygen atoms in total. The van der Waals surface area contributed by atoms with Gasteiger partial charge in [-0.2, -0.15) is 0 Å². The maximum Gasteiger partial charge on any atom is 0.0945 e. The van der Waals surface area contributed by atoms with E-state index in [1.807, 2.05) is 0 Å². The van der Waals surface area contributed by atoms with Crippen LogP contribution < -0.4 is 5.32 Å². The molecule has 6 heteroatoms. The van der Waals surface area contributed by atoms with Gasteiger partial charge in [0.2, 0.25) is 0 Å². The molecule has 0 aromatic heterocycles. The van der Waals surface area contributed by atoms with E-state index in [4.69, 9.17) is 39.5 Å². The van der Waals surface area contributed by atoms with Crippen molar-refractivity contribution >= 4 is 40.5 Å². The molecular weight excluding hydrogens is 333 g/mol. The Bertz CT molecular complexity index is 441. The first kappa shape index (κ1) is 17.2. The maximum atomic E-state index is 9.98. The first-order valence-corrected chi connectivity index (χ1v) is 8.37. The predicted molar refractivity (Wildman–Crippen MR) is 88.8 cm³/mol. The number of anilines is 1. The van der Waals surface area contributed by atoms with Crippen LogP contribution in [0.1, 0.15) is 32.1 Å². The molecule has 1 aromatic rings. The normalized spacial score (nSPS) is 17.7. The quantitative estimate of drug-likeness (QED) is 0.775. The zero-order chi connectivity index (χ0) is 15.2. The summed E-state index contributed by atoms with van der Waals surface area (Å²) in [7, 11) is 0. The minimum atomic E-state index is -0.602. The molecule has 0 spiro atoms. The van der Waals surface area contributed by atoms with Gasteiger partial charge in [-0.15, -0.1) is 0 Å². The van der Waals surface area contributed by atoms with Crippen LogP contribution in [0.15, 0.2) is 12.1 Å². The average Bonchev–Trinajstić information content (AvgIpc) is 2.45. The number of rotatable bonds is 6. The number of halogens is 3. The molecule has 1 atom stereocenters. The summed E-state index contributed by atoms with van der Waals surface area (Å²) in [5.41, 5.74) is 0.583. The van der Waals surface area contributed by atoms with Gasteiger partial charge >= 0.3 is 0 Å². The molecule has 2 rings (SSSR count). The maximum absolute atomic E-state index is 9.98. The number of ether oxygens (including phenoxy) is 1. The molecule has 0 heterocycles. The van der Waals surface area contributed by atoms with Crippen LogP contribution in [0.5, 0.6) is 0 Å². The van der Waals surface area contributed by atoms with Crippen molar-refractivity contribution < 1.29 is 9.84 Å². The minimum absolute atomic E-state index is 0.288. The SMILES string of the molecule is OC(CNc1c(Cl)cc(Cl)cc1Cl)COC1CCCCC1. The van der Waals surface area contributed by atoms with Crippen LogP contribution in [0.2, 0.25) is 15.1 Å². The smallest absolute Gasteiger partial charge is 0.0945 e. The first-order chi connectivity index (χ1) is 10.1. The lowest BCUT2D eigenvalue weighted by atomic mass is 9.98. The molecule has 1 saturated carbocycles. The fraction of sp³-hybridized carbons (Fsp3) is 0.600. The number of nitrogens with one attached hydrogen (secondary N) is 1. The van der Waals surface area contributed by atoms with Gasteiger partial charge in [-0.3, -0.25) is 0 Å². The van der Waals surface area contributed by atoms with E-state index in [0.29, 0.717) is 33.9 Å². The van der Waals surface area contributed by atoms with Gasteiger partial charge in [-0.25, -0.2) is 0 Å². The highest BCUT2D eigenvalue weighted by molar-refractivity contribution is 6.41. The highest BCUT2D eigenvalue weighted by Crippen LogP contribution is 2.33. The van der Waals surface area contributed by atoms with Gasteiger partial charge in [0.15, 0.2) is 0 Å². The van der Waals surface area contributed by atoms with E-state index in [2.05, 4.69) is 5.32 Å². The van der Waals surface area contributed by atoms with E-state index in [0.717, 1.165) is 12.8 Å². The average molecular weight is 353 g/mol.